The summed E-state index contributed by atoms with van der Waals surface area (Å²) in [5.41, 5.74) is 0. The molecule has 2 amide bonds. The third-order valence-corrected chi connectivity index (χ3v) is 3.85. The molecule has 2 heterocycles. The summed E-state index contributed by atoms with van der Waals surface area (Å²) in [6.07, 6.45) is -1.30. The van der Waals surface area contributed by atoms with Gasteiger partial charge in [-0.15, -0.1) is 11.3 Å². The van der Waals surface area contributed by atoms with Gasteiger partial charge in [0.2, 0.25) is 0 Å². The molecule has 7 heteroatoms. The molecule has 1 atom stereocenters. The molecular formula is C15H12N2O4S. The van der Waals surface area contributed by atoms with Crippen LogP contribution in [0.2, 0.25) is 0 Å². The molecule has 0 aliphatic carbocycles. The molecular weight excluding hydrogens is 304 g/mol. The maximum Gasteiger partial charge on any atom is 0.298 e. The molecule has 1 N–H and O–H groups in total. The van der Waals surface area contributed by atoms with Crippen molar-refractivity contribution in [2.75, 3.05) is 7.11 Å². The lowest BCUT2D eigenvalue weighted by Crippen LogP contribution is -2.50. The van der Waals surface area contributed by atoms with Crippen molar-refractivity contribution in [3.63, 3.8) is 0 Å². The summed E-state index contributed by atoms with van der Waals surface area (Å²) >= 11 is 1.39. The average Bonchev–Trinajstić information content (AvgIpc) is 3.05. The van der Waals surface area contributed by atoms with Gasteiger partial charge in [0.05, 0.1) is 12.0 Å². The van der Waals surface area contributed by atoms with E-state index in [2.05, 4.69) is 10.3 Å². The van der Waals surface area contributed by atoms with Crippen LogP contribution in [0, 0.1) is 0 Å². The molecule has 0 bridgehead atoms. The van der Waals surface area contributed by atoms with Gasteiger partial charge >= 0.3 is 0 Å². The van der Waals surface area contributed by atoms with Crippen molar-refractivity contribution in [3.05, 3.63) is 46.7 Å². The molecule has 0 saturated heterocycles. The van der Waals surface area contributed by atoms with E-state index in [1.54, 1.807) is 30.3 Å². The van der Waals surface area contributed by atoms with Crippen LogP contribution in [0.4, 0.5) is 0 Å². The molecule has 22 heavy (non-hydrogen) atoms. The molecule has 1 aromatic heterocycles. The Morgan fingerprint density at radius 3 is 2.68 bits per heavy atom. The van der Waals surface area contributed by atoms with Gasteiger partial charge < -0.3 is 14.8 Å². The van der Waals surface area contributed by atoms with Crippen molar-refractivity contribution in [1.29, 1.82) is 0 Å². The van der Waals surface area contributed by atoms with Crippen LogP contribution >= 0.6 is 11.3 Å². The van der Waals surface area contributed by atoms with Crippen LogP contribution in [0.3, 0.4) is 0 Å². The summed E-state index contributed by atoms with van der Waals surface area (Å²) < 4.78 is 10.5. The van der Waals surface area contributed by atoms with Crippen molar-refractivity contribution < 1.29 is 19.1 Å². The molecule has 112 valence electrons. The Morgan fingerprint density at radius 2 is 2.00 bits per heavy atom. The Labute approximate surface area is 130 Å². The van der Waals surface area contributed by atoms with E-state index in [0.717, 1.165) is 4.88 Å². The van der Waals surface area contributed by atoms with Gasteiger partial charge in [0, 0.05) is 6.07 Å². The fourth-order valence-corrected chi connectivity index (χ4v) is 2.60. The number of hydrogen-bond acceptors (Lipinski definition) is 5. The van der Waals surface area contributed by atoms with Gasteiger partial charge in [0.15, 0.2) is 5.84 Å². The number of amides is 2. The van der Waals surface area contributed by atoms with Crippen molar-refractivity contribution >= 4 is 29.0 Å². The zero-order chi connectivity index (χ0) is 15.5. The largest absolute Gasteiger partial charge is 0.497 e. The van der Waals surface area contributed by atoms with Crippen LogP contribution in [-0.4, -0.2) is 30.9 Å². The van der Waals surface area contributed by atoms with Gasteiger partial charge in [0.1, 0.15) is 11.5 Å². The van der Waals surface area contributed by atoms with Crippen molar-refractivity contribution in [2.24, 2.45) is 4.99 Å². The van der Waals surface area contributed by atoms with E-state index in [9.17, 15) is 9.59 Å². The Hall–Kier alpha value is -2.67. The SMILES string of the molecule is COc1cccc(OC2C(=O)N=C(c3cccs3)NC2=O)c1. The van der Waals surface area contributed by atoms with Gasteiger partial charge in [-0.2, -0.15) is 4.99 Å². The van der Waals surface area contributed by atoms with E-state index in [1.165, 1.54) is 18.4 Å². The lowest BCUT2D eigenvalue weighted by Gasteiger charge is -2.20. The lowest BCUT2D eigenvalue weighted by atomic mass is 10.2. The fraction of sp³-hybridized carbons (Fsp3) is 0.133. The van der Waals surface area contributed by atoms with Gasteiger partial charge in [-0.25, -0.2) is 0 Å². The highest BCUT2D eigenvalue weighted by molar-refractivity contribution is 7.12. The van der Waals surface area contributed by atoms with Gasteiger partial charge in [0.25, 0.3) is 17.9 Å². The number of aliphatic imine (C=N–C) groups is 1. The minimum atomic E-state index is -1.30. The van der Waals surface area contributed by atoms with Gasteiger partial charge in [-0.05, 0) is 23.6 Å². The number of hydrogen-bond donors (Lipinski definition) is 1. The molecule has 0 spiro atoms. The van der Waals surface area contributed by atoms with Gasteiger partial charge in [-0.3, -0.25) is 9.59 Å². The predicted molar refractivity (Wildman–Crippen MR) is 81.4 cm³/mol. The van der Waals surface area contributed by atoms with Crippen molar-refractivity contribution in [2.45, 2.75) is 6.10 Å². The molecule has 1 unspecified atom stereocenters. The number of ether oxygens (including phenoxy) is 2. The summed E-state index contributed by atoms with van der Waals surface area (Å²) in [6.45, 7) is 0. The molecule has 0 radical (unpaired) electrons. The van der Waals surface area contributed by atoms with E-state index in [4.69, 9.17) is 9.47 Å². The standard InChI is InChI=1S/C15H12N2O4S/c1-20-9-4-2-5-10(8-9)21-12-14(18)16-13(17-15(12)19)11-6-3-7-22-11/h2-8,12H,1H3,(H,16,17,18,19). The van der Waals surface area contributed by atoms with Crippen LogP contribution in [0.5, 0.6) is 11.5 Å². The first-order chi connectivity index (χ1) is 10.7. The zero-order valence-electron chi connectivity index (χ0n) is 11.6. The number of carbonyl (C=O) groups is 2. The average molecular weight is 316 g/mol. The fourth-order valence-electron chi connectivity index (χ4n) is 1.94. The first kappa shape index (κ1) is 14.3. The maximum atomic E-state index is 12.1. The van der Waals surface area contributed by atoms with E-state index >= 15 is 0 Å². The maximum absolute atomic E-state index is 12.1. The second kappa shape index (κ2) is 5.98. The Morgan fingerprint density at radius 1 is 1.18 bits per heavy atom. The molecule has 0 saturated carbocycles. The molecule has 2 aromatic rings. The van der Waals surface area contributed by atoms with Crippen LogP contribution in [-0.2, 0) is 9.59 Å². The lowest BCUT2D eigenvalue weighted by molar-refractivity contribution is -0.137. The predicted octanol–water partition coefficient (Wildman–Crippen LogP) is 1.61. The van der Waals surface area contributed by atoms with Crippen LogP contribution in [0.15, 0.2) is 46.8 Å². The summed E-state index contributed by atoms with van der Waals surface area (Å²) in [5.74, 6) is 0.0308. The van der Waals surface area contributed by atoms with Crippen LogP contribution in [0.1, 0.15) is 4.88 Å². The van der Waals surface area contributed by atoms with Gasteiger partial charge in [-0.1, -0.05) is 12.1 Å². The second-order valence-electron chi connectivity index (χ2n) is 4.44. The van der Waals surface area contributed by atoms with Crippen LogP contribution < -0.4 is 14.8 Å². The highest BCUT2D eigenvalue weighted by Crippen LogP contribution is 2.21. The molecule has 1 aromatic carbocycles. The minimum Gasteiger partial charge on any atom is -0.497 e. The number of nitrogens with zero attached hydrogens (tertiary/aromatic N) is 1. The van der Waals surface area contributed by atoms with E-state index in [-0.39, 0.29) is 5.84 Å². The number of amidine groups is 1. The molecule has 6 nitrogen and oxygen atoms in total. The highest BCUT2D eigenvalue weighted by Gasteiger charge is 2.34. The normalized spacial score (nSPS) is 17.7. The third kappa shape index (κ3) is 2.84. The highest BCUT2D eigenvalue weighted by atomic mass is 32.1. The van der Waals surface area contributed by atoms with Crippen molar-refractivity contribution in [1.82, 2.24) is 5.32 Å². The molecule has 1 aliphatic rings. The van der Waals surface area contributed by atoms with E-state index in [1.807, 2.05) is 11.4 Å². The van der Waals surface area contributed by atoms with Crippen LogP contribution in [0.25, 0.3) is 0 Å². The number of thiophene rings is 1. The Kier molecular flexibility index (Phi) is 3.88. The smallest absolute Gasteiger partial charge is 0.298 e. The molecule has 3 rings (SSSR count). The Balaban J connectivity index is 1.80. The minimum absolute atomic E-state index is 0.260. The quantitative estimate of drug-likeness (QED) is 0.869. The number of methoxy groups -OCH3 is 1. The number of benzene rings is 1. The first-order valence-corrected chi connectivity index (χ1v) is 7.33. The number of rotatable bonds is 4. The van der Waals surface area contributed by atoms with E-state index < -0.39 is 17.9 Å². The third-order valence-electron chi connectivity index (χ3n) is 2.98. The Bertz CT molecular complexity index is 740. The van der Waals surface area contributed by atoms with E-state index in [0.29, 0.717) is 11.5 Å². The zero-order valence-corrected chi connectivity index (χ0v) is 12.4. The topological polar surface area (TPSA) is 77.0 Å². The number of nitrogens with one attached hydrogen (secondary N) is 1. The van der Waals surface area contributed by atoms with Crippen molar-refractivity contribution in [3.8, 4) is 11.5 Å². The summed E-state index contributed by atoms with van der Waals surface area (Å²) in [6, 6.07) is 10.3. The summed E-state index contributed by atoms with van der Waals surface area (Å²) in [4.78, 5) is 28.8. The molecule has 0 fully saturated rings. The number of carbonyl (C=O) groups excluding carboxylic acids is 2. The monoisotopic (exact) mass is 316 g/mol. The molecule has 1 aliphatic heterocycles. The summed E-state index contributed by atoms with van der Waals surface area (Å²) in [7, 11) is 1.52. The summed E-state index contributed by atoms with van der Waals surface area (Å²) in [5, 5.41) is 4.43. The first-order valence-electron chi connectivity index (χ1n) is 6.45. The second-order valence-corrected chi connectivity index (χ2v) is 5.39.